The summed E-state index contributed by atoms with van der Waals surface area (Å²) in [5.74, 6) is 0. The average Bonchev–Trinajstić information content (AvgIpc) is 3.07. The topological polar surface area (TPSA) is 46.2 Å². The van der Waals surface area contributed by atoms with Crippen LogP contribution >= 0.6 is 0 Å². The summed E-state index contributed by atoms with van der Waals surface area (Å²) < 4.78 is 36.2. The Balaban J connectivity index is 1.68. The minimum Gasteiger partial charge on any atom is -0.382 e. The molecule has 1 fully saturated rings. The third-order valence-electron chi connectivity index (χ3n) is 4.35. The molecule has 1 heterocycles. The van der Waals surface area contributed by atoms with Crippen molar-refractivity contribution in [1.82, 2.24) is 0 Å². The summed E-state index contributed by atoms with van der Waals surface area (Å²) in [6.07, 6.45) is -1.65. The van der Waals surface area contributed by atoms with Gasteiger partial charge in [0.25, 0.3) is 0 Å². The van der Waals surface area contributed by atoms with Crippen molar-refractivity contribution >= 4 is 0 Å². The van der Waals surface area contributed by atoms with Crippen LogP contribution in [0.4, 0.5) is 0 Å². The molecule has 4 atom stereocenters. The summed E-state index contributed by atoms with van der Waals surface area (Å²) in [6, 6.07) is 19.9. The first-order valence-corrected chi connectivity index (χ1v) is 8.68. The molecule has 1 saturated heterocycles. The normalized spacial score (nSPS) is 26.0. The molecule has 140 valence electrons. The summed E-state index contributed by atoms with van der Waals surface area (Å²) >= 11 is 0. The Bertz CT molecular complexity index is 654. The van der Waals surface area contributed by atoms with Gasteiger partial charge in [0.15, 0.2) is 6.29 Å². The van der Waals surface area contributed by atoms with Crippen LogP contribution in [0.15, 0.2) is 60.7 Å². The first-order valence-electron chi connectivity index (χ1n) is 9.39. The van der Waals surface area contributed by atoms with Gasteiger partial charge >= 0.3 is 0 Å². The van der Waals surface area contributed by atoms with Crippen LogP contribution in [0, 0.1) is 0 Å². The van der Waals surface area contributed by atoms with Crippen LogP contribution in [0.25, 0.3) is 0 Å². The predicted octanol–water partition coefficient (Wildman–Crippen LogP) is 3.17. The number of ether oxygens (including phenoxy) is 5. The maximum atomic E-state index is 7.23. The van der Waals surface area contributed by atoms with Gasteiger partial charge in [-0.05, 0) is 11.1 Å². The molecular weight excluding hydrogens is 332 g/mol. The zero-order valence-electron chi connectivity index (χ0n) is 16.0. The van der Waals surface area contributed by atoms with Crippen molar-refractivity contribution in [3.63, 3.8) is 0 Å². The van der Waals surface area contributed by atoms with Crippen LogP contribution in [0.2, 0.25) is 0 Å². The van der Waals surface area contributed by atoms with Crippen molar-refractivity contribution in [1.29, 1.82) is 0 Å². The molecule has 0 radical (unpaired) electrons. The molecule has 0 spiro atoms. The number of methoxy groups -OCH3 is 2. The summed E-state index contributed by atoms with van der Waals surface area (Å²) in [5.41, 5.74) is 2.14. The molecule has 0 aromatic heterocycles. The monoisotopic (exact) mass is 359 g/mol. The third kappa shape index (κ3) is 4.90. The molecule has 0 aliphatic carbocycles. The van der Waals surface area contributed by atoms with E-state index in [-0.39, 0.29) is 25.9 Å². The largest absolute Gasteiger partial charge is 0.382 e. The SMILES string of the molecule is [2H]COC[C@H]1OC(OC)[C@H](OCc2ccccc2)[C@@H]1OCc1ccccc1. The van der Waals surface area contributed by atoms with Gasteiger partial charge in [-0.15, -0.1) is 0 Å². The van der Waals surface area contributed by atoms with Gasteiger partial charge in [0.1, 0.15) is 18.3 Å². The van der Waals surface area contributed by atoms with Crippen molar-refractivity contribution in [3.05, 3.63) is 71.8 Å². The lowest BCUT2D eigenvalue weighted by Gasteiger charge is -2.24. The standard InChI is InChI=1S/C21H26O5/c1-22-15-18-19(24-13-16-9-5-3-6-10-16)20(21(23-2)26-18)25-14-17-11-7-4-8-12-17/h3-12,18-21H,13-15H2,1-2H3/t18-,19-,20-,21?/m1/s1/i1D. The van der Waals surface area contributed by atoms with E-state index >= 15 is 0 Å². The van der Waals surface area contributed by atoms with E-state index in [1.54, 1.807) is 7.11 Å². The highest BCUT2D eigenvalue weighted by atomic mass is 16.7. The fourth-order valence-corrected chi connectivity index (χ4v) is 3.04. The highest BCUT2D eigenvalue weighted by Gasteiger charge is 2.46. The van der Waals surface area contributed by atoms with E-state index in [0.717, 1.165) is 11.1 Å². The third-order valence-corrected chi connectivity index (χ3v) is 4.35. The van der Waals surface area contributed by atoms with Crippen LogP contribution in [-0.2, 0) is 36.9 Å². The first kappa shape index (κ1) is 17.6. The molecule has 1 unspecified atom stereocenters. The molecule has 2 aromatic rings. The average molecular weight is 359 g/mol. The van der Waals surface area contributed by atoms with Gasteiger partial charge in [0.2, 0.25) is 0 Å². The van der Waals surface area contributed by atoms with Crippen LogP contribution in [-0.4, -0.2) is 45.4 Å². The molecule has 3 rings (SSSR count). The quantitative estimate of drug-likeness (QED) is 0.688. The Labute approximate surface area is 156 Å². The van der Waals surface area contributed by atoms with E-state index in [9.17, 15) is 0 Å². The van der Waals surface area contributed by atoms with Crippen LogP contribution in [0.3, 0.4) is 0 Å². The van der Waals surface area contributed by atoms with Crippen LogP contribution in [0.5, 0.6) is 0 Å². The molecule has 0 N–H and O–H groups in total. The predicted molar refractivity (Wildman–Crippen MR) is 97.6 cm³/mol. The van der Waals surface area contributed by atoms with E-state index in [1.165, 1.54) is 0 Å². The molecule has 2 aromatic carbocycles. The molecule has 26 heavy (non-hydrogen) atoms. The Kier molecular flexibility index (Phi) is 6.65. The lowest BCUT2D eigenvalue weighted by Crippen LogP contribution is -2.39. The number of rotatable bonds is 9. The second-order valence-electron chi connectivity index (χ2n) is 6.17. The van der Waals surface area contributed by atoms with E-state index in [4.69, 9.17) is 25.1 Å². The highest BCUT2D eigenvalue weighted by molar-refractivity contribution is 5.14. The van der Waals surface area contributed by atoms with Gasteiger partial charge in [0.05, 0.1) is 21.2 Å². The minimum absolute atomic E-state index is 0.127. The van der Waals surface area contributed by atoms with E-state index in [0.29, 0.717) is 13.2 Å². The Morgan fingerprint density at radius 2 is 1.46 bits per heavy atom. The summed E-state index contributed by atoms with van der Waals surface area (Å²) in [5, 5.41) is 0. The second kappa shape index (κ2) is 9.80. The summed E-state index contributed by atoms with van der Waals surface area (Å²) in [7, 11) is 1.46. The van der Waals surface area contributed by atoms with Gasteiger partial charge in [-0.25, -0.2) is 0 Å². The first-order chi connectivity index (χ1) is 13.3. The van der Waals surface area contributed by atoms with Gasteiger partial charge in [-0.3, -0.25) is 0 Å². The second-order valence-corrected chi connectivity index (χ2v) is 6.17. The Morgan fingerprint density at radius 1 is 0.885 bits per heavy atom. The lowest BCUT2D eigenvalue weighted by atomic mass is 10.1. The smallest absolute Gasteiger partial charge is 0.186 e. The van der Waals surface area contributed by atoms with E-state index in [2.05, 4.69) is 0 Å². The molecule has 1 aliphatic heterocycles. The molecule has 0 bridgehead atoms. The molecular formula is C21H26O5. The van der Waals surface area contributed by atoms with E-state index in [1.807, 2.05) is 60.7 Å². The van der Waals surface area contributed by atoms with Crippen molar-refractivity contribution in [3.8, 4) is 0 Å². The lowest BCUT2D eigenvalue weighted by molar-refractivity contribution is -0.169. The molecule has 0 amide bonds. The van der Waals surface area contributed by atoms with Gasteiger partial charge < -0.3 is 23.7 Å². The van der Waals surface area contributed by atoms with Crippen molar-refractivity contribution < 1.29 is 25.1 Å². The zero-order chi connectivity index (χ0) is 18.9. The van der Waals surface area contributed by atoms with Gasteiger partial charge in [-0.2, -0.15) is 0 Å². The maximum Gasteiger partial charge on any atom is 0.186 e. The fourth-order valence-electron chi connectivity index (χ4n) is 3.04. The number of hydrogen-bond acceptors (Lipinski definition) is 5. The summed E-state index contributed by atoms with van der Waals surface area (Å²) in [6.45, 7) is 1.13. The van der Waals surface area contributed by atoms with Crippen LogP contribution < -0.4 is 0 Å². The van der Waals surface area contributed by atoms with Crippen molar-refractivity contribution in [2.75, 3.05) is 20.8 Å². The molecule has 5 heteroatoms. The number of hydrogen-bond donors (Lipinski definition) is 0. The van der Waals surface area contributed by atoms with E-state index < -0.39 is 12.4 Å². The molecule has 5 nitrogen and oxygen atoms in total. The zero-order valence-corrected chi connectivity index (χ0v) is 15.0. The maximum absolute atomic E-state index is 7.23. The van der Waals surface area contributed by atoms with Crippen molar-refractivity contribution in [2.45, 2.75) is 37.8 Å². The van der Waals surface area contributed by atoms with Crippen LogP contribution in [0.1, 0.15) is 12.5 Å². The fraction of sp³-hybridized carbons (Fsp3) is 0.429. The minimum atomic E-state index is -0.547. The Morgan fingerprint density at radius 3 is 2.00 bits per heavy atom. The summed E-state index contributed by atoms with van der Waals surface area (Å²) in [4.78, 5) is 0. The van der Waals surface area contributed by atoms with Crippen molar-refractivity contribution in [2.24, 2.45) is 0 Å². The molecule has 1 aliphatic rings. The van der Waals surface area contributed by atoms with Gasteiger partial charge in [-0.1, -0.05) is 60.7 Å². The molecule has 0 saturated carbocycles. The Hall–Kier alpha value is -1.76. The highest BCUT2D eigenvalue weighted by Crippen LogP contribution is 2.29. The number of benzene rings is 2. The van der Waals surface area contributed by atoms with Gasteiger partial charge in [0, 0.05) is 14.2 Å².